The number of amides is 1. The molecule has 1 N–H and O–H groups in total. The van der Waals surface area contributed by atoms with Gasteiger partial charge in [-0.2, -0.15) is 5.10 Å². The van der Waals surface area contributed by atoms with Gasteiger partial charge in [-0.1, -0.05) is 51.1 Å². The minimum absolute atomic E-state index is 0.116. The predicted octanol–water partition coefficient (Wildman–Crippen LogP) is 4.51. The van der Waals surface area contributed by atoms with Gasteiger partial charge in [-0.15, -0.1) is 0 Å². The molecule has 0 unspecified atom stereocenters. The highest BCUT2D eigenvalue weighted by Gasteiger charge is 2.14. The van der Waals surface area contributed by atoms with E-state index in [2.05, 4.69) is 55.5 Å². The summed E-state index contributed by atoms with van der Waals surface area (Å²) in [5.41, 5.74) is 3.04. The molecule has 0 aliphatic rings. The number of anilines is 1. The Morgan fingerprint density at radius 3 is 2.53 bits per heavy atom. The van der Waals surface area contributed by atoms with Crippen LogP contribution in [0.25, 0.3) is 0 Å². The summed E-state index contributed by atoms with van der Waals surface area (Å²) in [6.07, 6.45) is 1.68. The highest BCUT2D eigenvalue weighted by molar-refractivity contribution is 6.04. The number of nitrogens with one attached hydrogen (secondary N) is 1. The first-order valence-corrected chi connectivity index (χ1v) is 10.0. The molecule has 0 atom stereocenters. The molecule has 0 bridgehead atoms. The number of methoxy groups -OCH3 is 1. The van der Waals surface area contributed by atoms with Gasteiger partial charge in [0.05, 0.1) is 19.3 Å². The zero-order chi connectivity index (χ0) is 21.6. The van der Waals surface area contributed by atoms with Crippen molar-refractivity contribution in [2.75, 3.05) is 25.6 Å². The maximum Gasteiger partial charge on any atom is 0.256 e. The number of aromatic nitrogens is 2. The van der Waals surface area contributed by atoms with Gasteiger partial charge in [-0.25, -0.2) is 4.68 Å². The SMILES string of the molecule is COCCOc1cccc(C(=O)Nc2ccnn2Cc2ccc(C(C)(C)C)cc2)c1. The Morgan fingerprint density at radius 1 is 1.07 bits per heavy atom. The molecule has 0 spiro atoms. The van der Waals surface area contributed by atoms with Gasteiger partial charge < -0.3 is 14.8 Å². The first kappa shape index (κ1) is 21.6. The summed E-state index contributed by atoms with van der Waals surface area (Å²) >= 11 is 0. The monoisotopic (exact) mass is 407 g/mol. The Balaban J connectivity index is 1.67. The van der Waals surface area contributed by atoms with Crippen LogP contribution in [0.3, 0.4) is 0 Å². The van der Waals surface area contributed by atoms with Crippen molar-refractivity contribution >= 4 is 11.7 Å². The van der Waals surface area contributed by atoms with Crippen molar-refractivity contribution in [3.8, 4) is 5.75 Å². The third-order valence-electron chi connectivity index (χ3n) is 4.76. The lowest BCUT2D eigenvalue weighted by atomic mass is 9.87. The van der Waals surface area contributed by atoms with Crippen molar-refractivity contribution < 1.29 is 14.3 Å². The van der Waals surface area contributed by atoms with Gasteiger partial charge in [0, 0.05) is 18.7 Å². The molecule has 1 aromatic heterocycles. The maximum absolute atomic E-state index is 12.7. The second-order valence-electron chi connectivity index (χ2n) is 8.14. The van der Waals surface area contributed by atoms with Crippen molar-refractivity contribution in [1.82, 2.24) is 9.78 Å². The Kier molecular flexibility index (Phi) is 6.90. The van der Waals surface area contributed by atoms with Gasteiger partial charge in [-0.05, 0) is 34.7 Å². The van der Waals surface area contributed by atoms with Crippen LogP contribution < -0.4 is 10.1 Å². The zero-order valence-electron chi connectivity index (χ0n) is 18.0. The second kappa shape index (κ2) is 9.59. The van der Waals surface area contributed by atoms with Crippen molar-refractivity contribution in [3.05, 3.63) is 77.5 Å². The van der Waals surface area contributed by atoms with Crippen LogP contribution in [-0.4, -0.2) is 36.0 Å². The van der Waals surface area contributed by atoms with Crippen LogP contribution in [0.2, 0.25) is 0 Å². The Morgan fingerprint density at radius 2 is 1.83 bits per heavy atom. The Labute approximate surface area is 177 Å². The van der Waals surface area contributed by atoms with Gasteiger partial charge in [0.15, 0.2) is 0 Å². The van der Waals surface area contributed by atoms with Crippen LogP contribution in [-0.2, 0) is 16.7 Å². The lowest BCUT2D eigenvalue weighted by molar-refractivity contribution is 0.102. The lowest BCUT2D eigenvalue weighted by Crippen LogP contribution is -2.16. The van der Waals surface area contributed by atoms with E-state index in [4.69, 9.17) is 9.47 Å². The van der Waals surface area contributed by atoms with Gasteiger partial charge in [0.1, 0.15) is 18.2 Å². The highest BCUT2D eigenvalue weighted by Crippen LogP contribution is 2.23. The summed E-state index contributed by atoms with van der Waals surface area (Å²) in [6.45, 7) is 8.09. The van der Waals surface area contributed by atoms with E-state index in [0.717, 1.165) is 5.56 Å². The molecule has 6 nitrogen and oxygen atoms in total. The summed E-state index contributed by atoms with van der Waals surface area (Å²) in [5, 5.41) is 7.30. The molecule has 1 amide bonds. The predicted molar refractivity (Wildman–Crippen MR) is 118 cm³/mol. The number of carbonyl (C=O) groups is 1. The third kappa shape index (κ3) is 5.70. The smallest absolute Gasteiger partial charge is 0.256 e. The topological polar surface area (TPSA) is 65.4 Å². The minimum Gasteiger partial charge on any atom is -0.491 e. The summed E-state index contributed by atoms with van der Waals surface area (Å²) in [7, 11) is 1.62. The van der Waals surface area contributed by atoms with E-state index >= 15 is 0 Å². The number of carbonyl (C=O) groups excluding carboxylic acids is 1. The van der Waals surface area contributed by atoms with E-state index in [0.29, 0.717) is 36.9 Å². The second-order valence-corrected chi connectivity index (χ2v) is 8.14. The van der Waals surface area contributed by atoms with Crippen molar-refractivity contribution in [2.45, 2.75) is 32.7 Å². The van der Waals surface area contributed by atoms with Crippen LogP contribution >= 0.6 is 0 Å². The first-order valence-electron chi connectivity index (χ1n) is 10.0. The molecule has 158 valence electrons. The number of nitrogens with zero attached hydrogens (tertiary/aromatic N) is 2. The van der Waals surface area contributed by atoms with Crippen LogP contribution in [0.1, 0.15) is 42.3 Å². The fraction of sp³-hybridized carbons (Fsp3) is 0.333. The fourth-order valence-electron chi connectivity index (χ4n) is 3.01. The van der Waals surface area contributed by atoms with E-state index in [9.17, 15) is 4.79 Å². The van der Waals surface area contributed by atoms with Gasteiger partial charge >= 0.3 is 0 Å². The number of rotatable bonds is 8. The van der Waals surface area contributed by atoms with Crippen molar-refractivity contribution in [1.29, 1.82) is 0 Å². The van der Waals surface area contributed by atoms with Crippen molar-refractivity contribution in [2.24, 2.45) is 0 Å². The molecular formula is C24H29N3O3. The average Bonchev–Trinajstić information content (AvgIpc) is 3.14. The number of hydrogen-bond donors (Lipinski definition) is 1. The molecule has 0 aliphatic carbocycles. The molecule has 2 aromatic carbocycles. The highest BCUT2D eigenvalue weighted by atomic mass is 16.5. The van der Waals surface area contributed by atoms with Crippen molar-refractivity contribution in [3.63, 3.8) is 0 Å². The zero-order valence-corrected chi connectivity index (χ0v) is 18.0. The standard InChI is InChI=1S/C24H29N3O3/c1-24(2,3)20-10-8-18(9-11-20)17-27-22(12-13-25-27)26-23(28)19-6-5-7-21(16-19)30-15-14-29-4/h5-13,16H,14-15,17H2,1-4H3,(H,26,28). The molecule has 3 aromatic rings. The Hall–Kier alpha value is -3.12. The minimum atomic E-state index is -0.211. The molecule has 30 heavy (non-hydrogen) atoms. The normalized spacial score (nSPS) is 11.3. The van der Waals surface area contributed by atoms with E-state index in [1.807, 2.05) is 6.07 Å². The number of benzene rings is 2. The number of hydrogen-bond acceptors (Lipinski definition) is 4. The maximum atomic E-state index is 12.7. The van der Waals surface area contributed by atoms with Crippen LogP contribution in [0, 0.1) is 0 Å². The summed E-state index contributed by atoms with van der Waals surface area (Å²) in [4.78, 5) is 12.7. The van der Waals surface area contributed by atoms with Crippen LogP contribution in [0.15, 0.2) is 60.8 Å². The number of ether oxygens (including phenoxy) is 2. The lowest BCUT2D eigenvalue weighted by Gasteiger charge is -2.19. The summed E-state index contributed by atoms with van der Waals surface area (Å²) in [6, 6.07) is 17.4. The summed E-state index contributed by atoms with van der Waals surface area (Å²) < 4.78 is 12.3. The van der Waals surface area contributed by atoms with Crippen LogP contribution in [0.5, 0.6) is 5.75 Å². The quantitative estimate of drug-likeness (QED) is 0.558. The largest absolute Gasteiger partial charge is 0.491 e. The van der Waals surface area contributed by atoms with Gasteiger partial charge in [0.2, 0.25) is 0 Å². The molecule has 0 radical (unpaired) electrons. The Bertz CT molecular complexity index is 972. The molecule has 0 saturated carbocycles. The molecule has 0 fully saturated rings. The van der Waals surface area contributed by atoms with E-state index in [1.165, 1.54) is 5.56 Å². The molecule has 0 saturated heterocycles. The molecule has 0 aliphatic heterocycles. The van der Waals surface area contributed by atoms with Crippen LogP contribution in [0.4, 0.5) is 5.82 Å². The average molecular weight is 408 g/mol. The van der Waals surface area contributed by atoms with E-state index < -0.39 is 0 Å². The van der Waals surface area contributed by atoms with Gasteiger partial charge in [0.25, 0.3) is 5.91 Å². The molecule has 3 rings (SSSR count). The van der Waals surface area contributed by atoms with E-state index in [1.54, 1.807) is 42.3 Å². The van der Waals surface area contributed by atoms with E-state index in [-0.39, 0.29) is 11.3 Å². The first-order chi connectivity index (χ1) is 14.4. The fourth-order valence-corrected chi connectivity index (χ4v) is 3.01. The molecular weight excluding hydrogens is 378 g/mol. The molecule has 6 heteroatoms. The molecule has 1 heterocycles. The van der Waals surface area contributed by atoms with Gasteiger partial charge in [-0.3, -0.25) is 4.79 Å². The third-order valence-corrected chi connectivity index (χ3v) is 4.76. The summed E-state index contributed by atoms with van der Waals surface area (Å²) in [5.74, 6) is 1.06.